The van der Waals surface area contributed by atoms with Crippen molar-refractivity contribution in [3.8, 4) is 0 Å². The molecular formula is C17H28N4O3. The average molecular weight is 336 g/mol. The first kappa shape index (κ1) is 17.4. The number of carbonyl (C=O) groups excluding carboxylic acids is 1. The van der Waals surface area contributed by atoms with Crippen molar-refractivity contribution in [3.05, 3.63) is 18.0 Å². The highest BCUT2D eigenvalue weighted by molar-refractivity contribution is 5.92. The monoisotopic (exact) mass is 336 g/mol. The third-order valence-corrected chi connectivity index (χ3v) is 5.01. The molecule has 2 saturated heterocycles. The van der Waals surface area contributed by atoms with Crippen LogP contribution in [0, 0.1) is 5.41 Å². The van der Waals surface area contributed by atoms with Crippen molar-refractivity contribution in [3.63, 3.8) is 0 Å². The Morgan fingerprint density at radius 1 is 1.42 bits per heavy atom. The van der Waals surface area contributed by atoms with Gasteiger partial charge in [-0.15, -0.1) is 0 Å². The highest BCUT2D eigenvalue weighted by Gasteiger charge is 2.40. The number of methoxy groups -OCH3 is 1. The number of likely N-dealkylation sites (tertiary alicyclic amines) is 1. The summed E-state index contributed by atoms with van der Waals surface area (Å²) >= 11 is 0. The fraction of sp³-hybridized carbons (Fsp3) is 0.765. The zero-order chi connectivity index (χ0) is 17.0. The molecule has 0 bridgehead atoms. The van der Waals surface area contributed by atoms with Crippen LogP contribution < -0.4 is 0 Å². The van der Waals surface area contributed by atoms with E-state index in [-0.39, 0.29) is 11.3 Å². The third kappa shape index (κ3) is 3.96. The molecule has 2 aliphatic rings. The number of hydrogen-bond donors (Lipinski definition) is 0. The van der Waals surface area contributed by atoms with Crippen LogP contribution in [-0.4, -0.2) is 85.1 Å². The molecule has 24 heavy (non-hydrogen) atoms. The standard InChI is InChI=1S/C17H28N4O3/c1-19-7-4-15(18-19)16(22)21-6-3-5-17(13-21)12-20(8-10-23-2)9-11-24-14-17/h4,7H,3,5-6,8-14H2,1-2H3/t17-/m1/s1. The molecule has 2 aliphatic heterocycles. The lowest BCUT2D eigenvalue weighted by Crippen LogP contribution is -2.52. The van der Waals surface area contributed by atoms with Crippen LogP contribution in [0.4, 0.5) is 0 Å². The lowest BCUT2D eigenvalue weighted by molar-refractivity contribution is 0.00594. The zero-order valence-electron chi connectivity index (χ0n) is 14.7. The number of rotatable bonds is 4. The van der Waals surface area contributed by atoms with E-state index in [9.17, 15) is 4.79 Å². The van der Waals surface area contributed by atoms with Gasteiger partial charge in [-0.1, -0.05) is 0 Å². The highest BCUT2D eigenvalue weighted by Crippen LogP contribution is 2.33. The normalized spacial score (nSPS) is 25.8. The smallest absolute Gasteiger partial charge is 0.274 e. The van der Waals surface area contributed by atoms with Crippen LogP contribution in [0.1, 0.15) is 23.3 Å². The average Bonchev–Trinajstić information content (AvgIpc) is 2.92. The fourth-order valence-corrected chi connectivity index (χ4v) is 3.81. The molecule has 2 fully saturated rings. The number of carbonyl (C=O) groups is 1. The Kier molecular flexibility index (Phi) is 5.53. The van der Waals surface area contributed by atoms with Crippen molar-refractivity contribution in [2.45, 2.75) is 12.8 Å². The molecule has 0 aliphatic carbocycles. The summed E-state index contributed by atoms with van der Waals surface area (Å²) in [5, 5.41) is 4.26. The summed E-state index contributed by atoms with van der Waals surface area (Å²) in [6.07, 6.45) is 3.93. The Labute approximate surface area is 143 Å². The van der Waals surface area contributed by atoms with Crippen LogP contribution in [-0.2, 0) is 16.5 Å². The van der Waals surface area contributed by atoms with Gasteiger partial charge in [-0.3, -0.25) is 14.4 Å². The minimum absolute atomic E-state index is 0.0208. The van der Waals surface area contributed by atoms with E-state index in [1.54, 1.807) is 17.9 Å². The molecule has 7 nitrogen and oxygen atoms in total. The summed E-state index contributed by atoms with van der Waals surface area (Å²) in [5.74, 6) is 0.0300. The van der Waals surface area contributed by atoms with Gasteiger partial charge in [0.2, 0.25) is 0 Å². The first-order chi connectivity index (χ1) is 11.6. The topological polar surface area (TPSA) is 59.8 Å². The van der Waals surface area contributed by atoms with Crippen molar-refractivity contribution in [2.24, 2.45) is 12.5 Å². The number of amides is 1. The molecule has 0 saturated carbocycles. The van der Waals surface area contributed by atoms with Gasteiger partial charge in [-0.05, 0) is 18.9 Å². The van der Waals surface area contributed by atoms with E-state index in [0.717, 1.165) is 65.4 Å². The molecule has 0 aromatic carbocycles. The zero-order valence-corrected chi connectivity index (χ0v) is 14.7. The van der Waals surface area contributed by atoms with E-state index in [2.05, 4.69) is 10.00 Å². The van der Waals surface area contributed by atoms with Gasteiger partial charge >= 0.3 is 0 Å². The molecule has 1 aromatic heterocycles. The summed E-state index contributed by atoms with van der Waals surface area (Å²) in [7, 11) is 3.57. The molecule has 1 atom stereocenters. The Morgan fingerprint density at radius 3 is 3.04 bits per heavy atom. The maximum absolute atomic E-state index is 12.8. The van der Waals surface area contributed by atoms with Gasteiger partial charge in [-0.2, -0.15) is 5.10 Å². The molecule has 3 heterocycles. The molecule has 0 radical (unpaired) electrons. The molecular weight excluding hydrogens is 308 g/mol. The van der Waals surface area contributed by atoms with Gasteiger partial charge in [0.15, 0.2) is 0 Å². The number of nitrogens with zero attached hydrogens (tertiary/aromatic N) is 4. The van der Waals surface area contributed by atoms with Gasteiger partial charge in [0.25, 0.3) is 5.91 Å². The van der Waals surface area contributed by atoms with E-state index < -0.39 is 0 Å². The van der Waals surface area contributed by atoms with E-state index in [1.165, 1.54) is 0 Å². The molecule has 1 aromatic rings. The second-order valence-corrected chi connectivity index (χ2v) is 7.03. The van der Waals surface area contributed by atoms with Gasteiger partial charge in [-0.25, -0.2) is 0 Å². The van der Waals surface area contributed by atoms with Crippen molar-refractivity contribution in [1.82, 2.24) is 19.6 Å². The second kappa shape index (κ2) is 7.63. The number of ether oxygens (including phenoxy) is 2. The summed E-state index contributed by atoms with van der Waals surface area (Å²) in [6.45, 7) is 6.55. The van der Waals surface area contributed by atoms with Gasteiger partial charge in [0, 0.05) is 58.5 Å². The summed E-state index contributed by atoms with van der Waals surface area (Å²) in [5.41, 5.74) is 0.549. The second-order valence-electron chi connectivity index (χ2n) is 7.03. The summed E-state index contributed by atoms with van der Waals surface area (Å²) in [6, 6.07) is 1.79. The predicted octanol–water partition coefficient (Wildman–Crippen LogP) is 0.621. The Hall–Kier alpha value is -1.44. The van der Waals surface area contributed by atoms with E-state index in [4.69, 9.17) is 9.47 Å². The molecule has 3 rings (SSSR count). The van der Waals surface area contributed by atoms with Crippen molar-refractivity contribution in [2.75, 3.05) is 59.7 Å². The summed E-state index contributed by atoms with van der Waals surface area (Å²) < 4.78 is 12.8. The maximum Gasteiger partial charge on any atom is 0.274 e. The maximum atomic E-state index is 12.8. The number of aryl methyl sites for hydroxylation is 1. The number of aromatic nitrogens is 2. The van der Waals surface area contributed by atoms with Crippen LogP contribution in [0.2, 0.25) is 0 Å². The Balaban J connectivity index is 1.69. The molecule has 134 valence electrons. The largest absolute Gasteiger partial charge is 0.383 e. The number of piperidine rings is 1. The first-order valence-corrected chi connectivity index (χ1v) is 8.70. The van der Waals surface area contributed by atoms with E-state index in [1.807, 2.05) is 18.1 Å². The van der Waals surface area contributed by atoms with Crippen LogP contribution >= 0.6 is 0 Å². The fourth-order valence-electron chi connectivity index (χ4n) is 3.81. The lowest BCUT2D eigenvalue weighted by atomic mass is 9.80. The third-order valence-electron chi connectivity index (χ3n) is 5.01. The SMILES string of the molecule is COCCN1CCOC[C@]2(CCCN(C(=O)c3ccn(C)n3)C2)C1. The van der Waals surface area contributed by atoms with Crippen molar-refractivity contribution >= 4 is 5.91 Å². The summed E-state index contributed by atoms with van der Waals surface area (Å²) in [4.78, 5) is 17.1. The highest BCUT2D eigenvalue weighted by atomic mass is 16.5. The predicted molar refractivity (Wildman–Crippen MR) is 89.9 cm³/mol. The Bertz CT molecular complexity index is 562. The molecule has 7 heteroatoms. The quantitative estimate of drug-likeness (QED) is 0.807. The Morgan fingerprint density at radius 2 is 2.29 bits per heavy atom. The van der Waals surface area contributed by atoms with Crippen molar-refractivity contribution < 1.29 is 14.3 Å². The van der Waals surface area contributed by atoms with Gasteiger partial charge in [0.05, 0.1) is 19.8 Å². The first-order valence-electron chi connectivity index (χ1n) is 8.70. The molecule has 0 unspecified atom stereocenters. The van der Waals surface area contributed by atoms with Crippen LogP contribution in [0.3, 0.4) is 0 Å². The lowest BCUT2D eigenvalue weighted by Gasteiger charge is -2.43. The van der Waals surface area contributed by atoms with Crippen LogP contribution in [0.15, 0.2) is 12.3 Å². The minimum Gasteiger partial charge on any atom is -0.383 e. The van der Waals surface area contributed by atoms with Gasteiger partial charge in [0.1, 0.15) is 5.69 Å². The van der Waals surface area contributed by atoms with Crippen LogP contribution in [0.5, 0.6) is 0 Å². The molecule has 1 amide bonds. The minimum atomic E-state index is 0.0208. The number of hydrogen-bond acceptors (Lipinski definition) is 5. The molecule has 1 spiro atoms. The van der Waals surface area contributed by atoms with E-state index in [0.29, 0.717) is 5.69 Å². The van der Waals surface area contributed by atoms with Gasteiger partial charge < -0.3 is 14.4 Å². The van der Waals surface area contributed by atoms with Crippen LogP contribution in [0.25, 0.3) is 0 Å². The molecule has 0 N–H and O–H groups in total. The van der Waals surface area contributed by atoms with Crippen molar-refractivity contribution in [1.29, 1.82) is 0 Å². The van der Waals surface area contributed by atoms with E-state index >= 15 is 0 Å².